The normalized spacial score (nSPS) is 18.4. The van der Waals surface area contributed by atoms with E-state index in [4.69, 9.17) is 4.74 Å². The molecular formula is C20H32N4O6S2. The Morgan fingerprint density at radius 2 is 1.72 bits per heavy atom. The summed E-state index contributed by atoms with van der Waals surface area (Å²) in [5.74, 6) is 0.325. The molecule has 2 fully saturated rings. The number of ether oxygens (including phenoxy) is 1. The predicted octanol–water partition coefficient (Wildman–Crippen LogP) is -0.0666. The third kappa shape index (κ3) is 6.19. The van der Waals surface area contributed by atoms with Crippen LogP contribution in [0.1, 0.15) is 19.3 Å². The lowest BCUT2D eigenvalue weighted by Crippen LogP contribution is -2.48. The molecule has 1 amide bonds. The number of nitrogens with zero attached hydrogens (tertiary/aromatic N) is 3. The van der Waals surface area contributed by atoms with Gasteiger partial charge in [0.1, 0.15) is 5.75 Å². The minimum atomic E-state index is -3.91. The molecule has 10 nitrogen and oxygen atoms in total. The first-order chi connectivity index (χ1) is 15.2. The van der Waals surface area contributed by atoms with Gasteiger partial charge in [-0.2, -0.15) is 8.61 Å². The Balaban J connectivity index is 1.72. The minimum Gasteiger partial charge on any atom is -0.497 e. The summed E-state index contributed by atoms with van der Waals surface area (Å²) < 4.78 is 59.9. The van der Waals surface area contributed by atoms with Crippen LogP contribution in [-0.4, -0.2) is 101 Å². The van der Waals surface area contributed by atoms with E-state index in [1.165, 1.54) is 27.9 Å². The van der Waals surface area contributed by atoms with Gasteiger partial charge in [0.2, 0.25) is 26.0 Å². The summed E-state index contributed by atoms with van der Waals surface area (Å²) in [6.07, 6.45) is 1.78. The van der Waals surface area contributed by atoms with E-state index >= 15 is 0 Å². The maximum Gasteiger partial charge on any atom is 0.243 e. The van der Waals surface area contributed by atoms with E-state index < -0.39 is 20.0 Å². The Kier molecular flexibility index (Phi) is 8.50. The van der Waals surface area contributed by atoms with E-state index in [0.717, 1.165) is 6.42 Å². The zero-order chi connectivity index (χ0) is 23.2. The highest BCUT2D eigenvalue weighted by Gasteiger charge is 2.30. The van der Waals surface area contributed by atoms with Crippen LogP contribution in [0.25, 0.3) is 0 Å². The van der Waals surface area contributed by atoms with Crippen molar-refractivity contribution < 1.29 is 26.4 Å². The quantitative estimate of drug-likeness (QED) is 0.464. The van der Waals surface area contributed by atoms with Crippen molar-refractivity contribution in [3.05, 3.63) is 24.3 Å². The van der Waals surface area contributed by atoms with Gasteiger partial charge in [0.05, 0.1) is 17.8 Å². The molecule has 1 aromatic carbocycles. The fraction of sp³-hybridized carbons (Fsp3) is 0.650. The molecule has 180 valence electrons. The van der Waals surface area contributed by atoms with Crippen LogP contribution in [0, 0.1) is 0 Å². The molecule has 0 bridgehead atoms. The van der Waals surface area contributed by atoms with Crippen LogP contribution in [0.2, 0.25) is 0 Å². The second-order valence-corrected chi connectivity index (χ2v) is 11.9. The summed E-state index contributed by atoms with van der Waals surface area (Å²) >= 11 is 0. The lowest BCUT2D eigenvalue weighted by atomic mass is 10.3. The number of carbonyl (C=O) groups is 1. The molecule has 0 radical (unpaired) electrons. The van der Waals surface area contributed by atoms with Gasteiger partial charge in [0, 0.05) is 58.8 Å². The molecule has 1 N–H and O–H groups in total. The third-order valence-corrected chi connectivity index (χ3v) is 9.54. The molecule has 2 saturated heterocycles. The zero-order valence-corrected chi connectivity index (χ0v) is 20.0. The Hall–Kier alpha value is -1.73. The average molecular weight is 489 g/mol. The van der Waals surface area contributed by atoms with E-state index in [-0.39, 0.29) is 29.6 Å². The van der Waals surface area contributed by atoms with Gasteiger partial charge in [-0.3, -0.25) is 4.79 Å². The van der Waals surface area contributed by atoms with Gasteiger partial charge < -0.3 is 15.0 Å². The topological polar surface area (TPSA) is 116 Å². The number of methoxy groups -OCH3 is 1. The molecule has 0 unspecified atom stereocenters. The lowest BCUT2D eigenvalue weighted by molar-refractivity contribution is -0.127. The van der Waals surface area contributed by atoms with E-state index in [0.29, 0.717) is 57.9 Å². The molecule has 2 heterocycles. The largest absolute Gasteiger partial charge is 0.497 e. The SMILES string of the molecule is COc1ccc(S(=O)(=O)N(CCCN2CCCC2=O)CCS(=O)(=O)N2CCNCC2)cc1. The number of rotatable bonds is 11. The Morgan fingerprint density at radius 3 is 2.31 bits per heavy atom. The predicted molar refractivity (Wildman–Crippen MR) is 120 cm³/mol. The molecule has 2 aliphatic rings. The number of nitrogens with one attached hydrogen (secondary N) is 1. The highest BCUT2D eigenvalue weighted by molar-refractivity contribution is 7.90. The van der Waals surface area contributed by atoms with Crippen LogP contribution >= 0.6 is 0 Å². The maximum absolute atomic E-state index is 13.3. The number of amides is 1. The van der Waals surface area contributed by atoms with Crippen molar-refractivity contribution in [2.45, 2.75) is 24.2 Å². The lowest BCUT2D eigenvalue weighted by Gasteiger charge is -2.28. The molecule has 12 heteroatoms. The van der Waals surface area contributed by atoms with Gasteiger partial charge in [0.15, 0.2) is 0 Å². The highest BCUT2D eigenvalue weighted by atomic mass is 32.2. The first-order valence-corrected chi connectivity index (χ1v) is 13.9. The van der Waals surface area contributed by atoms with E-state index in [1.54, 1.807) is 17.0 Å². The number of hydrogen-bond donors (Lipinski definition) is 1. The number of benzene rings is 1. The summed E-state index contributed by atoms with van der Waals surface area (Å²) in [6.45, 7) is 3.05. The minimum absolute atomic E-state index is 0.0788. The van der Waals surface area contributed by atoms with Gasteiger partial charge in [-0.05, 0) is 37.1 Å². The van der Waals surface area contributed by atoms with Gasteiger partial charge in [-0.15, -0.1) is 0 Å². The first-order valence-electron chi connectivity index (χ1n) is 10.8. The molecule has 0 saturated carbocycles. The van der Waals surface area contributed by atoms with Crippen LogP contribution in [-0.2, 0) is 24.8 Å². The van der Waals surface area contributed by atoms with Crippen molar-refractivity contribution in [3.63, 3.8) is 0 Å². The summed E-state index contributed by atoms with van der Waals surface area (Å²) in [5.41, 5.74) is 0. The molecule has 2 aliphatic heterocycles. The second kappa shape index (κ2) is 10.9. The molecule has 32 heavy (non-hydrogen) atoms. The van der Waals surface area contributed by atoms with Gasteiger partial charge in [-0.1, -0.05) is 0 Å². The van der Waals surface area contributed by atoms with Crippen LogP contribution in [0.5, 0.6) is 5.75 Å². The molecule has 1 aromatic rings. The van der Waals surface area contributed by atoms with Crippen molar-refractivity contribution in [2.24, 2.45) is 0 Å². The molecule has 0 aliphatic carbocycles. The standard InChI is InChI=1S/C20H32N4O6S2/c1-30-18-5-7-19(8-6-18)32(28,29)24(13-3-12-22-11-2-4-20(22)25)16-17-31(26,27)23-14-9-21-10-15-23/h5-8,21H,2-4,9-17H2,1H3. The van der Waals surface area contributed by atoms with Gasteiger partial charge in [-0.25, -0.2) is 16.8 Å². The number of carbonyl (C=O) groups excluding carboxylic acids is 1. The van der Waals surface area contributed by atoms with E-state index in [1.807, 2.05) is 0 Å². The third-order valence-electron chi connectivity index (χ3n) is 5.77. The van der Waals surface area contributed by atoms with Crippen molar-refractivity contribution in [2.75, 3.05) is 65.2 Å². The summed E-state index contributed by atoms with van der Waals surface area (Å²) in [4.78, 5) is 13.7. The Bertz CT molecular complexity index is 976. The number of hydrogen-bond acceptors (Lipinski definition) is 7. The van der Waals surface area contributed by atoms with Crippen LogP contribution in [0.3, 0.4) is 0 Å². The fourth-order valence-electron chi connectivity index (χ4n) is 3.90. The zero-order valence-electron chi connectivity index (χ0n) is 18.4. The molecule has 0 aromatic heterocycles. The summed E-state index contributed by atoms with van der Waals surface area (Å²) in [6, 6.07) is 6.03. The molecular weight excluding hydrogens is 456 g/mol. The first kappa shape index (κ1) is 24.9. The van der Waals surface area contributed by atoms with Crippen molar-refractivity contribution >= 4 is 26.0 Å². The van der Waals surface area contributed by atoms with E-state index in [2.05, 4.69) is 5.32 Å². The summed E-state index contributed by atoms with van der Waals surface area (Å²) in [7, 11) is -5.99. The number of sulfonamides is 2. The van der Waals surface area contributed by atoms with Crippen molar-refractivity contribution in [3.8, 4) is 5.75 Å². The van der Waals surface area contributed by atoms with Crippen LogP contribution in [0.15, 0.2) is 29.2 Å². The Morgan fingerprint density at radius 1 is 1.03 bits per heavy atom. The van der Waals surface area contributed by atoms with Gasteiger partial charge >= 0.3 is 0 Å². The monoisotopic (exact) mass is 488 g/mol. The molecule has 0 atom stereocenters. The average Bonchev–Trinajstić information content (AvgIpc) is 3.21. The van der Waals surface area contributed by atoms with Crippen LogP contribution < -0.4 is 10.1 Å². The molecule has 0 spiro atoms. The summed E-state index contributed by atoms with van der Waals surface area (Å²) in [5, 5.41) is 3.11. The second-order valence-electron chi connectivity index (χ2n) is 7.88. The van der Waals surface area contributed by atoms with Crippen LogP contribution in [0.4, 0.5) is 0 Å². The van der Waals surface area contributed by atoms with Crippen molar-refractivity contribution in [1.29, 1.82) is 0 Å². The van der Waals surface area contributed by atoms with Gasteiger partial charge in [0.25, 0.3) is 0 Å². The molecule has 3 rings (SSSR count). The Labute approximate surface area is 190 Å². The highest BCUT2D eigenvalue weighted by Crippen LogP contribution is 2.20. The van der Waals surface area contributed by atoms with E-state index in [9.17, 15) is 21.6 Å². The number of piperazine rings is 1. The fourth-order valence-corrected chi connectivity index (χ4v) is 6.94. The maximum atomic E-state index is 13.3. The number of likely N-dealkylation sites (tertiary alicyclic amines) is 1. The smallest absolute Gasteiger partial charge is 0.243 e. The van der Waals surface area contributed by atoms with Crippen molar-refractivity contribution in [1.82, 2.24) is 18.8 Å².